The van der Waals surface area contributed by atoms with Crippen LogP contribution in [-0.2, 0) is 10.8 Å². The van der Waals surface area contributed by atoms with E-state index in [2.05, 4.69) is 49.3 Å². The summed E-state index contributed by atoms with van der Waals surface area (Å²) in [4.78, 5) is 0. The largest absolute Gasteiger partial charge is 0.376 e. The SMILES string of the molecule is CC1(C)CC(C)(C)c2c1cc1[nH]ncc1c2NC(N)=S. The van der Waals surface area contributed by atoms with E-state index in [4.69, 9.17) is 18.0 Å². The van der Waals surface area contributed by atoms with Crippen LogP contribution in [0.15, 0.2) is 12.3 Å². The van der Waals surface area contributed by atoms with Crippen molar-refractivity contribution >= 4 is 33.9 Å². The number of fused-ring (bicyclic) bond motifs is 2. The summed E-state index contributed by atoms with van der Waals surface area (Å²) < 4.78 is 0. The molecule has 1 aliphatic rings. The number of H-pyrrole nitrogens is 1. The van der Waals surface area contributed by atoms with Crippen LogP contribution in [-0.4, -0.2) is 15.3 Å². The molecule has 0 aliphatic heterocycles. The Morgan fingerprint density at radius 1 is 1.35 bits per heavy atom. The molecule has 2 aromatic rings. The van der Waals surface area contributed by atoms with Gasteiger partial charge in [0, 0.05) is 5.39 Å². The Morgan fingerprint density at radius 2 is 2.05 bits per heavy atom. The quantitative estimate of drug-likeness (QED) is 0.705. The second-order valence-corrected chi connectivity index (χ2v) is 7.38. The van der Waals surface area contributed by atoms with Gasteiger partial charge in [-0.25, -0.2) is 0 Å². The monoisotopic (exact) mass is 288 g/mol. The van der Waals surface area contributed by atoms with Crippen molar-refractivity contribution in [2.24, 2.45) is 5.73 Å². The van der Waals surface area contributed by atoms with Gasteiger partial charge in [-0.3, -0.25) is 5.10 Å². The highest BCUT2D eigenvalue weighted by Crippen LogP contribution is 2.53. The van der Waals surface area contributed by atoms with E-state index in [0.29, 0.717) is 5.11 Å². The third-order valence-corrected chi connectivity index (χ3v) is 4.39. The lowest BCUT2D eigenvalue weighted by atomic mass is 9.81. The molecule has 106 valence electrons. The number of thiocarbonyl (C=S) groups is 1. The van der Waals surface area contributed by atoms with E-state index in [0.717, 1.165) is 23.0 Å². The first-order chi connectivity index (χ1) is 9.22. The molecule has 4 N–H and O–H groups in total. The highest BCUT2D eigenvalue weighted by Gasteiger charge is 2.44. The molecule has 0 unspecified atom stereocenters. The average molecular weight is 288 g/mol. The zero-order valence-corrected chi connectivity index (χ0v) is 13.1. The van der Waals surface area contributed by atoms with Crippen LogP contribution in [0.2, 0.25) is 0 Å². The first-order valence-electron chi connectivity index (χ1n) is 6.80. The van der Waals surface area contributed by atoms with E-state index in [9.17, 15) is 0 Å². The number of hydrogen-bond acceptors (Lipinski definition) is 2. The molecule has 1 aromatic heterocycles. The van der Waals surface area contributed by atoms with E-state index in [1.165, 1.54) is 11.1 Å². The van der Waals surface area contributed by atoms with Crippen LogP contribution in [0.4, 0.5) is 5.69 Å². The fourth-order valence-electron chi connectivity index (χ4n) is 3.87. The van der Waals surface area contributed by atoms with E-state index in [-0.39, 0.29) is 10.8 Å². The van der Waals surface area contributed by atoms with Crippen molar-refractivity contribution in [1.82, 2.24) is 10.2 Å². The molecule has 1 heterocycles. The predicted octanol–water partition coefficient (Wildman–Crippen LogP) is 3.18. The number of rotatable bonds is 1. The molecule has 0 spiro atoms. The predicted molar refractivity (Wildman–Crippen MR) is 87.2 cm³/mol. The minimum absolute atomic E-state index is 0.0808. The number of nitrogens with zero attached hydrogens (tertiary/aromatic N) is 1. The van der Waals surface area contributed by atoms with Crippen LogP contribution in [0.25, 0.3) is 10.9 Å². The molecule has 0 atom stereocenters. The fourth-order valence-corrected chi connectivity index (χ4v) is 3.97. The third-order valence-electron chi connectivity index (χ3n) is 4.28. The summed E-state index contributed by atoms with van der Waals surface area (Å²) in [7, 11) is 0. The Bertz CT molecular complexity index is 712. The van der Waals surface area contributed by atoms with Gasteiger partial charge in [0.05, 0.1) is 17.4 Å². The Hall–Kier alpha value is -1.62. The maximum atomic E-state index is 5.72. The summed E-state index contributed by atoms with van der Waals surface area (Å²) in [6.07, 6.45) is 2.93. The molecular weight excluding hydrogens is 268 g/mol. The molecule has 0 fully saturated rings. The van der Waals surface area contributed by atoms with Crippen LogP contribution >= 0.6 is 12.2 Å². The van der Waals surface area contributed by atoms with E-state index in [1.54, 1.807) is 0 Å². The number of hydrogen-bond donors (Lipinski definition) is 3. The first kappa shape index (κ1) is 13.4. The molecule has 3 rings (SSSR count). The smallest absolute Gasteiger partial charge is 0.168 e. The van der Waals surface area contributed by atoms with Gasteiger partial charge in [-0.15, -0.1) is 0 Å². The molecule has 1 aliphatic carbocycles. The van der Waals surface area contributed by atoms with E-state index < -0.39 is 0 Å². The Labute approximate surface area is 124 Å². The summed E-state index contributed by atoms with van der Waals surface area (Å²) in [5.41, 5.74) is 10.6. The van der Waals surface area contributed by atoms with Crippen molar-refractivity contribution in [3.8, 4) is 0 Å². The lowest BCUT2D eigenvalue weighted by Crippen LogP contribution is -2.23. The van der Waals surface area contributed by atoms with Crippen LogP contribution in [0, 0.1) is 0 Å². The second kappa shape index (κ2) is 3.95. The number of nitrogens with one attached hydrogen (secondary N) is 2. The fraction of sp³-hybridized carbons (Fsp3) is 0.467. The minimum Gasteiger partial charge on any atom is -0.376 e. The topological polar surface area (TPSA) is 66.7 Å². The molecule has 0 radical (unpaired) electrons. The third kappa shape index (κ3) is 1.80. The first-order valence-corrected chi connectivity index (χ1v) is 7.21. The van der Waals surface area contributed by atoms with Gasteiger partial charge in [0.15, 0.2) is 5.11 Å². The molecular formula is C15H20N4S. The van der Waals surface area contributed by atoms with Crippen molar-refractivity contribution in [1.29, 1.82) is 0 Å². The number of aromatic amines is 1. The normalized spacial score (nSPS) is 19.0. The minimum atomic E-state index is 0.0808. The van der Waals surface area contributed by atoms with Crippen LogP contribution in [0.1, 0.15) is 45.2 Å². The zero-order chi connectivity index (χ0) is 14.7. The van der Waals surface area contributed by atoms with Gasteiger partial charge in [-0.2, -0.15) is 5.10 Å². The lowest BCUT2D eigenvalue weighted by molar-refractivity contribution is 0.403. The molecule has 0 saturated carbocycles. The van der Waals surface area contributed by atoms with E-state index >= 15 is 0 Å². The number of aromatic nitrogens is 2. The van der Waals surface area contributed by atoms with Gasteiger partial charge in [0.25, 0.3) is 0 Å². The van der Waals surface area contributed by atoms with Gasteiger partial charge in [-0.05, 0) is 46.7 Å². The zero-order valence-electron chi connectivity index (χ0n) is 12.3. The second-order valence-electron chi connectivity index (χ2n) is 6.94. The number of anilines is 1. The Morgan fingerprint density at radius 3 is 2.70 bits per heavy atom. The Kier molecular flexibility index (Phi) is 2.64. The standard InChI is InChI=1S/C15H20N4S/c1-14(2)7-15(3,4)11-9(14)5-10-8(6-17-19-10)12(11)18-13(16)20/h5-6H,7H2,1-4H3,(H,17,19)(H3,16,18,20). The summed E-state index contributed by atoms with van der Waals surface area (Å²) in [6, 6.07) is 2.22. The Balaban J connectivity index is 2.40. The van der Waals surface area contributed by atoms with Crippen molar-refractivity contribution in [2.75, 3.05) is 5.32 Å². The van der Waals surface area contributed by atoms with Crippen molar-refractivity contribution in [2.45, 2.75) is 44.9 Å². The highest BCUT2D eigenvalue weighted by molar-refractivity contribution is 7.80. The number of nitrogens with two attached hydrogens (primary N) is 1. The summed E-state index contributed by atoms with van der Waals surface area (Å²) in [6.45, 7) is 9.12. The molecule has 1 aromatic carbocycles. The molecule has 20 heavy (non-hydrogen) atoms. The van der Waals surface area contributed by atoms with Gasteiger partial charge in [0.2, 0.25) is 0 Å². The molecule has 0 amide bonds. The van der Waals surface area contributed by atoms with Gasteiger partial charge >= 0.3 is 0 Å². The molecule has 0 bridgehead atoms. The van der Waals surface area contributed by atoms with Crippen molar-refractivity contribution in [3.63, 3.8) is 0 Å². The summed E-state index contributed by atoms with van der Waals surface area (Å²) >= 11 is 5.05. The summed E-state index contributed by atoms with van der Waals surface area (Å²) in [5, 5.41) is 11.7. The van der Waals surface area contributed by atoms with Gasteiger partial charge in [0.1, 0.15) is 0 Å². The molecule has 5 heteroatoms. The maximum Gasteiger partial charge on any atom is 0.168 e. The van der Waals surface area contributed by atoms with Crippen molar-refractivity contribution in [3.05, 3.63) is 23.4 Å². The van der Waals surface area contributed by atoms with Crippen molar-refractivity contribution < 1.29 is 0 Å². The van der Waals surface area contributed by atoms with Gasteiger partial charge < -0.3 is 11.1 Å². The maximum absolute atomic E-state index is 5.72. The highest BCUT2D eigenvalue weighted by atomic mass is 32.1. The van der Waals surface area contributed by atoms with Crippen LogP contribution < -0.4 is 11.1 Å². The van der Waals surface area contributed by atoms with E-state index in [1.807, 2.05) is 6.20 Å². The summed E-state index contributed by atoms with van der Waals surface area (Å²) in [5.74, 6) is 0. The van der Waals surface area contributed by atoms with Crippen LogP contribution in [0.3, 0.4) is 0 Å². The van der Waals surface area contributed by atoms with Crippen LogP contribution in [0.5, 0.6) is 0 Å². The average Bonchev–Trinajstić information content (AvgIpc) is 2.79. The van der Waals surface area contributed by atoms with Gasteiger partial charge in [-0.1, -0.05) is 27.7 Å². The molecule has 0 saturated heterocycles. The molecule has 4 nitrogen and oxygen atoms in total. The lowest BCUT2D eigenvalue weighted by Gasteiger charge is -2.24. The number of benzene rings is 1.